The first-order valence-corrected chi connectivity index (χ1v) is 8.75. The molecule has 0 fully saturated rings. The molecule has 0 heterocycles. The number of aryl methyl sites for hydroxylation is 4. The third kappa shape index (κ3) is 3.52. The van der Waals surface area contributed by atoms with Crippen LogP contribution in [0.2, 0.25) is 0 Å². The van der Waals surface area contributed by atoms with E-state index in [1.807, 2.05) is 12.1 Å². The summed E-state index contributed by atoms with van der Waals surface area (Å²) in [6.45, 7) is 8.44. The largest absolute Gasteiger partial charge is 0.269 e. The lowest BCUT2D eigenvalue weighted by Crippen LogP contribution is -2.08. The van der Waals surface area contributed by atoms with Gasteiger partial charge in [0, 0.05) is 18.1 Å². The first-order valence-electron chi connectivity index (χ1n) is 8.75. The van der Waals surface area contributed by atoms with E-state index in [0.717, 1.165) is 5.56 Å². The van der Waals surface area contributed by atoms with Crippen molar-refractivity contribution in [1.82, 2.24) is 0 Å². The lowest BCUT2D eigenvalue weighted by atomic mass is 9.80. The van der Waals surface area contributed by atoms with Crippen molar-refractivity contribution in [2.75, 3.05) is 0 Å². The Bertz CT molecular complexity index is 907. The highest BCUT2D eigenvalue weighted by molar-refractivity contribution is 5.51. The second-order valence-electron chi connectivity index (χ2n) is 7.00. The summed E-state index contributed by atoms with van der Waals surface area (Å²) in [6, 6.07) is 19.9. The van der Waals surface area contributed by atoms with E-state index in [1.165, 1.54) is 33.4 Å². The summed E-state index contributed by atoms with van der Waals surface area (Å²) in [5.41, 5.74) is 8.54. The standard InChI is InChI=1S/C23H23NO2/c1-15-5-7-17(3)21(13-15)23(22-14-16(2)6-8-18(22)4)19-9-11-20(12-10-19)24(25)26/h5-14,23H,1-4H3. The highest BCUT2D eigenvalue weighted by Gasteiger charge is 2.21. The van der Waals surface area contributed by atoms with Gasteiger partial charge in [-0.25, -0.2) is 0 Å². The van der Waals surface area contributed by atoms with Crippen molar-refractivity contribution < 1.29 is 4.92 Å². The lowest BCUT2D eigenvalue weighted by Gasteiger charge is -2.23. The Morgan fingerprint density at radius 2 is 1.19 bits per heavy atom. The highest BCUT2D eigenvalue weighted by atomic mass is 16.6. The van der Waals surface area contributed by atoms with Gasteiger partial charge in [-0.3, -0.25) is 10.1 Å². The molecule has 3 aromatic rings. The van der Waals surface area contributed by atoms with Gasteiger partial charge in [0.05, 0.1) is 4.92 Å². The zero-order valence-corrected chi connectivity index (χ0v) is 15.6. The van der Waals surface area contributed by atoms with Crippen LogP contribution in [-0.4, -0.2) is 4.92 Å². The number of non-ortho nitro benzene ring substituents is 1. The molecule has 3 aromatic carbocycles. The third-order valence-corrected chi connectivity index (χ3v) is 4.93. The van der Waals surface area contributed by atoms with Crippen LogP contribution in [0.1, 0.15) is 44.9 Å². The topological polar surface area (TPSA) is 43.1 Å². The van der Waals surface area contributed by atoms with Gasteiger partial charge >= 0.3 is 0 Å². The Morgan fingerprint density at radius 3 is 1.62 bits per heavy atom. The van der Waals surface area contributed by atoms with Crippen molar-refractivity contribution >= 4 is 5.69 Å². The second-order valence-corrected chi connectivity index (χ2v) is 7.00. The molecule has 0 unspecified atom stereocenters. The molecule has 0 bridgehead atoms. The average Bonchev–Trinajstić information content (AvgIpc) is 2.61. The molecule has 0 radical (unpaired) electrons. The smallest absolute Gasteiger partial charge is 0.258 e. The molecule has 0 aliphatic heterocycles. The van der Waals surface area contributed by atoms with Crippen LogP contribution < -0.4 is 0 Å². The van der Waals surface area contributed by atoms with Crippen molar-refractivity contribution in [2.45, 2.75) is 33.6 Å². The molecule has 26 heavy (non-hydrogen) atoms. The first-order chi connectivity index (χ1) is 12.4. The van der Waals surface area contributed by atoms with Crippen molar-refractivity contribution in [1.29, 1.82) is 0 Å². The van der Waals surface area contributed by atoms with Crippen molar-refractivity contribution in [3.05, 3.63) is 110 Å². The van der Waals surface area contributed by atoms with E-state index in [1.54, 1.807) is 12.1 Å². The Morgan fingerprint density at radius 1 is 0.731 bits per heavy atom. The van der Waals surface area contributed by atoms with Gasteiger partial charge in [0.1, 0.15) is 0 Å². The summed E-state index contributed by atoms with van der Waals surface area (Å²) in [4.78, 5) is 10.7. The van der Waals surface area contributed by atoms with Crippen LogP contribution in [0.4, 0.5) is 5.69 Å². The predicted molar refractivity (Wildman–Crippen MR) is 106 cm³/mol. The van der Waals surface area contributed by atoms with Gasteiger partial charge in [-0.05, 0) is 55.5 Å². The summed E-state index contributed by atoms with van der Waals surface area (Å²) in [5, 5.41) is 11.0. The van der Waals surface area contributed by atoms with E-state index in [9.17, 15) is 10.1 Å². The number of rotatable bonds is 4. The van der Waals surface area contributed by atoms with Gasteiger partial charge in [-0.15, -0.1) is 0 Å². The van der Waals surface area contributed by atoms with E-state index >= 15 is 0 Å². The van der Waals surface area contributed by atoms with Gasteiger partial charge in [0.2, 0.25) is 0 Å². The van der Waals surface area contributed by atoms with Gasteiger partial charge in [-0.1, -0.05) is 59.7 Å². The minimum atomic E-state index is -0.353. The van der Waals surface area contributed by atoms with Crippen LogP contribution in [0, 0.1) is 37.8 Å². The molecule has 3 heteroatoms. The molecule has 3 nitrogen and oxygen atoms in total. The van der Waals surface area contributed by atoms with Gasteiger partial charge in [0.25, 0.3) is 5.69 Å². The molecule has 132 valence electrons. The summed E-state index contributed by atoms with van der Waals surface area (Å²) in [5.74, 6) is 0.0515. The third-order valence-electron chi connectivity index (χ3n) is 4.93. The number of nitro groups is 1. The summed E-state index contributed by atoms with van der Waals surface area (Å²) in [7, 11) is 0. The number of benzene rings is 3. The summed E-state index contributed by atoms with van der Waals surface area (Å²) in [6.07, 6.45) is 0. The van der Waals surface area contributed by atoms with Crippen LogP contribution >= 0.6 is 0 Å². The second kappa shape index (κ2) is 7.12. The Labute approximate surface area is 154 Å². The van der Waals surface area contributed by atoms with Crippen LogP contribution in [-0.2, 0) is 0 Å². The highest BCUT2D eigenvalue weighted by Crippen LogP contribution is 2.37. The Kier molecular flexibility index (Phi) is 4.90. The first kappa shape index (κ1) is 17.9. The molecule has 0 saturated carbocycles. The monoisotopic (exact) mass is 345 g/mol. The fourth-order valence-corrected chi connectivity index (χ4v) is 3.46. The van der Waals surface area contributed by atoms with E-state index in [0.29, 0.717) is 0 Å². The van der Waals surface area contributed by atoms with Crippen LogP contribution in [0.3, 0.4) is 0 Å². The zero-order chi connectivity index (χ0) is 18.8. The van der Waals surface area contributed by atoms with Crippen molar-refractivity contribution in [3.63, 3.8) is 0 Å². The molecule has 0 atom stereocenters. The van der Waals surface area contributed by atoms with Gasteiger partial charge in [-0.2, -0.15) is 0 Å². The number of hydrogen-bond acceptors (Lipinski definition) is 2. The molecule has 0 saturated heterocycles. The number of nitro benzene ring substituents is 1. The average molecular weight is 345 g/mol. The van der Waals surface area contributed by atoms with Crippen molar-refractivity contribution in [2.24, 2.45) is 0 Å². The van der Waals surface area contributed by atoms with Gasteiger partial charge < -0.3 is 0 Å². The molecule has 0 aliphatic carbocycles. The molecular weight excluding hydrogens is 322 g/mol. The number of hydrogen-bond donors (Lipinski definition) is 0. The minimum Gasteiger partial charge on any atom is -0.258 e. The maximum atomic E-state index is 11.0. The SMILES string of the molecule is Cc1ccc(C)c(C(c2ccc([N+](=O)[O-])cc2)c2cc(C)ccc2C)c1. The molecule has 3 rings (SSSR count). The maximum absolute atomic E-state index is 11.0. The van der Waals surface area contributed by atoms with E-state index < -0.39 is 0 Å². The quantitative estimate of drug-likeness (QED) is 0.330. The van der Waals surface area contributed by atoms with E-state index in [4.69, 9.17) is 0 Å². The molecule has 0 aromatic heterocycles. The predicted octanol–water partition coefficient (Wildman–Crippen LogP) is 6.01. The fraction of sp³-hybridized carbons (Fsp3) is 0.217. The van der Waals surface area contributed by atoms with Crippen LogP contribution in [0.25, 0.3) is 0 Å². The fourth-order valence-electron chi connectivity index (χ4n) is 3.46. The maximum Gasteiger partial charge on any atom is 0.269 e. The Hall–Kier alpha value is -2.94. The minimum absolute atomic E-state index is 0.0515. The Balaban J connectivity index is 2.23. The molecule has 0 spiro atoms. The zero-order valence-electron chi connectivity index (χ0n) is 15.6. The molecule has 0 N–H and O–H groups in total. The molecule has 0 aliphatic rings. The summed E-state index contributed by atoms with van der Waals surface area (Å²) < 4.78 is 0. The molecule has 0 amide bonds. The summed E-state index contributed by atoms with van der Waals surface area (Å²) >= 11 is 0. The van der Waals surface area contributed by atoms with E-state index in [-0.39, 0.29) is 16.5 Å². The van der Waals surface area contributed by atoms with E-state index in [2.05, 4.69) is 64.1 Å². The van der Waals surface area contributed by atoms with Crippen LogP contribution in [0.5, 0.6) is 0 Å². The van der Waals surface area contributed by atoms with Crippen LogP contribution in [0.15, 0.2) is 60.7 Å². The lowest BCUT2D eigenvalue weighted by molar-refractivity contribution is -0.384. The normalized spacial score (nSPS) is 11.0. The van der Waals surface area contributed by atoms with Gasteiger partial charge in [0.15, 0.2) is 0 Å². The molecular formula is C23H23NO2. The van der Waals surface area contributed by atoms with Crippen molar-refractivity contribution in [3.8, 4) is 0 Å². The number of nitrogens with zero attached hydrogens (tertiary/aromatic N) is 1.